The number of nitrogens with one attached hydrogen (secondary N) is 3. The fourth-order valence-electron chi connectivity index (χ4n) is 1.74. The summed E-state index contributed by atoms with van der Waals surface area (Å²) in [5, 5.41) is 6.76. The zero-order valence-electron chi connectivity index (χ0n) is 8.35. The molecule has 0 saturated carbocycles. The Morgan fingerprint density at radius 1 is 1.60 bits per heavy atom. The number of piperidine rings is 1. The number of halogens is 1. The average Bonchev–Trinajstić information content (AvgIpc) is 2.66. The first kappa shape index (κ1) is 10.5. The molecule has 5 heteroatoms. The number of aromatic nitrogens is 1. The second kappa shape index (κ2) is 4.68. The van der Waals surface area contributed by atoms with E-state index >= 15 is 0 Å². The monoisotopic (exact) mass is 227 g/mol. The molecule has 1 saturated heterocycles. The molecule has 0 aromatic carbocycles. The van der Waals surface area contributed by atoms with Gasteiger partial charge in [0.05, 0.1) is 5.02 Å². The maximum absolute atomic E-state index is 11.7. The predicted molar refractivity (Wildman–Crippen MR) is 59.2 cm³/mol. The van der Waals surface area contributed by atoms with Crippen molar-refractivity contribution in [1.29, 1.82) is 0 Å². The topological polar surface area (TPSA) is 56.9 Å². The first-order valence-electron chi connectivity index (χ1n) is 5.11. The van der Waals surface area contributed by atoms with Crippen LogP contribution in [0.2, 0.25) is 5.02 Å². The van der Waals surface area contributed by atoms with Gasteiger partial charge in [0.15, 0.2) is 0 Å². The van der Waals surface area contributed by atoms with Crippen molar-refractivity contribution >= 4 is 17.5 Å². The number of carbonyl (C=O) groups is 1. The van der Waals surface area contributed by atoms with Crippen molar-refractivity contribution in [2.45, 2.75) is 18.9 Å². The lowest BCUT2D eigenvalue weighted by atomic mass is 10.1. The van der Waals surface area contributed by atoms with Crippen molar-refractivity contribution < 1.29 is 4.79 Å². The molecular weight excluding hydrogens is 214 g/mol. The van der Waals surface area contributed by atoms with Crippen molar-refractivity contribution in [1.82, 2.24) is 15.6 Å². The highest BCUT2D eigenvalue weighted by atomic mass is 35.5. The van der Waals surface area contributed by atoms with Gasteiger partial charge in [-0.3, -0.25) is 4.79 Å². The van der Waals surface area contributed by atoms with Crippen LogP contribution in [-0.4, -0.2) is 30.0 Å². The molecule has 1 amide bonds. The third-order valence-electron chi connectivity index (χ3n) is 2.52. The van der Waals surface area contributed by atoms with Crippen LogP contribution in [-0.2, 0) is 0 Å². The minimum Gasteiger partial charge on any atom is -0.356 e. The van der Waals surface area contributed by atoms with Crippen LogP contribution < -0.4 is 10.6 Å². The SMILES string of the molecule is O=C(N[C@@H]1CCCNC1)c1cc(Cl)c[nH]1. The Bertz CT molecular complexity index is 344. The third-order valence-corrected chi connectivity index (χ3v) is 2.74. The average molecular weight is 228 g/mol. The molecule has 0 aliphatic carbocycles. The molecule has 0 spiro atoms. The van der Waals surface area contributed by atoms with Gasteiger partial charge in [0.2, 0.25) is 0 Å². The lowest BCUT2D eigenvalue weighted by Crippen LogP contribution is -2.45. The number of hydrogen-bond donors (Lipinski definition) is 3. The van der Waals surface area contributed by atoms with Crippen molar-refractivity contribution in [2.24, 2.45) is 0 Å². The first-order valence-corrected chi connectivity index (χ1v) is 5.49. The highest BCUT2D eigenvalue weighted by Crippen LogP contribution is 2.10. The van der Waals surface area contributed by atoms with Gasteiger partial charge in [-0.2, -0.15) is 0 Å². The maximum atomic E-state index is 11.7. The van der Waals surface area contributed by atoms with Gasteiger partial charge in [-0.15, -0.1) is 0 Å². The molecule has 1 atom stereocenters. The molecule has 0 radical (unpaired) electrons. The van der Waals surface area contributed by atoms with Crippen LogP contribution in [0, 0.1) is 0 Å². The summed E-state index contributed by atoms with van der Waals surface area (Å²) >= 11 is 5.72. The smallest absolute Gasteiger partial charge is 0.268 e. The molecule has 2 rings (SSSR count). The van der Waals surface area contributed by atoms with Gasteiger partial charge < -0.3 is 15.6 Å². The zero-order chi connectivity index (χ0) is 10.7. The molecule has 1 aliphatic heterocycles. The van der Waals surface area contributed by atoms with Crippen LogP contribution in [0.25, 0.3) is 0 Å². The molecule has 2 heterocycles. The van der Waals surface area contributed by atoms with Gasteiger partial charge in [-0.25, -0.2) is 0 Å². The van der Waals surface area contributed by atoms with E-state index in [2.05, 4.69) is 15.6 Å². The molecule has 1 aromatic rings. The van der Waals surface area contributed by atoms with Gasteiger partial charge in [0.25, 0.3) is 5.91 Å². The van der Waals surface area contributed by atoms with Crippen molar-refractivity contribution in [3.63, 3.8) is 0 Å². The van der Waals surface area contributed by atoms with Gasteiger partial charge in [0.1, 0.15) is 5.69 Å². The van der Waals surface area contributed by atoms with E-state index in [1.807, 2.05) is 0 Å². The molecule has 1 fully saturated rings. The predicted octanol–water partition coefficient (Wildman–Crippen LogP) is 1.15. The lowest BCUT2D eigenvalue weighted by molar-refractivity contribution is 0.0926. The fourth-order valence-corrected chi connectivity index (χ4v) is 1.90. The van der Waals surface area contributed by atoms with E-state index in [9.17, 15) is 4.79 Å². The van der Waals surface area contributed by atoms with Gasteiger partial charge in [-0.1, -0.05) is 11.6 Å². The van der Waals surface area contributed by atoms with E-state index in [1.165, 1.54) is 0 Å². The van der Waals surface area contributed by atoms with E-state index in [0.29, 0.717) is 10.7 Å². The molecule has 4 nitrogen and oxygen atoms in total. The highest BCUT2D eigenvalue weighted by Gasteiger charge is 2.16. The van der Waals surface area contributed by atoms with Crippen molar-refractivity contribution in [3.05, 3.63) is 23.0 Å². The first-order chi connectivity index (χ1) is 7.25. The summed E-state index contributed by atoms with van der Waals surface area (Å²) in [6, 6.07) is 1.86. The van der Waals surface area contributed by atoms with Crippen molar-refractivity contribution in [3.8, 4) is 0 Å². The van der Waals surface area contributed by atoms with E-state index in [-0.39, 0.29) is 11.9 Å². The third kappa shape index (κ3) is 2.73. The summed E-state index contributed by atoms with van der Waals surface area (Å²) in [5.41, 5.74) is 0.519. The van der Waals surface area contributed by atoms with Crippen LogP contribution in [0.4, 0.5) is 0 Å². The minimum atomic E-state index is -0.0874. The molecule has 3 N–H and O–H groups in total. The normalized spacial score (nSPS) is 21.3. The largest absolute Gasteiger partial charge is 0.356 e. The van der Waals surface area contributed by atoms with Crippen molar-refractivity contribution in [2.75, 3.05) is 13.1 Å². The Balaban J connectivity index is 1.91. The van der Waals surface area contributed by atoms with Crippen LogP contribution >= 0.6 is 11.6 Å². The van der Waals surface area contributed by atoms with Gasteiger partial charge in [0, 0.05) is 18.8 Å². The van der Waals surface area contributed by atoms with Crippen LogP contribution in [0.5, 0.6) is 0 Å². The Morgan fingerprint density at radius 3 is 3.07 bits per heavy atom. The quantitative estimate of drug-likeness (QED) is 0.710. The standard InChI is InChI=1S/C10H14ClN3O/c11-7-4-9(13-5-7)10(15)14-8-2-1-3-12-6-8/h4-5,8,12-13H,1-3,6H2,(H,14,15)/t8-/m1/s1. The Labute approximate surface area is 93.4 Å². The van der Waals surface area contributed by atoms with E-state index in [0.717, 1.165) is 25.9 Å². The van der Waals surface area contributed by atoms with Crippen LogP contribution in [0.3, 0.4) is 0 Å². The fraction of sp³-hybridized carbons (Fsp3) is 0.500. The number of aromatic amines is 1. The Kier molecular flexibility index (Phi) is 3.28. The number of H-pyrrole nitrogens is 1. The molecule has 0 bridgehead atoms. The minimum absolute atomic E-state index is 0.0874. The summed E-state index contributed by atoms with van der Waals surface area (Å²) in [6.45, 7) is 1.89. The van der Waals surface area contributed by atoms with E-state index < -0.39 is 0 Å². The number of hydrogen-bond acceptors (Lipinski definition) is 2. The van der Waals surface area contributed by atoms with Gasteiger partial charge in [-0.05, 0) is 25.5 Å². The summed E-state index contributed by atoms with van der Waals surface area (Å²) in [5.74, 6) is -0.0874. The number of carbonyl (C=O) groups excluding carboxylic acids is 1. The molecule has 1 aliphatic rings. The summed E-state index contributed by atoms with van der Waals surface area (Å²) < 4.78 is 0. The van der Waals surface area contributed by atoms with Gasteiger partial charge >= 0.3 is 0 Å². The molecule has 15 heavy (non-hydrogen) atoms. The highest BCUT2D eigenvalue weighted by molar-refractivity contribution is 6.30. The van der Waals surface area contributed by atoms with E-state index in [4.69, 9.17) is 11.6 Å². The molecule has 0 unspecified atom stereocenters. The molecule has 82 valence electrons. The maximum Gasteiger partial charge on any atom is 0.268 e. The van der Waals surface area contributed by atoms with Crippen LogP contribution in [0.15, 0.2) is 12.3 Å². The summed E-state index contributed by atoms with van der Waals surface area (Å²) in [4.78, 5) is 14.5. The zero-order valence-corrected chi connectivity index (χ0v) is 9.10. The molecular formula is C10H14ClN3O. The Morgan fingerprint density at radius 2 is 2.47 bits per heavy atom. The summed E-state index contributed by atoms with van der Waals surface area (Å²) in [7, 11) is 0. The second-order valence-electron chi connectivity index (χ2n) is 3.75. The number of rotatable bonds is 2. The van der Waals surface area contributed by atoms with E-state index in [1.54, 1.807) is 12.3 Å². The molecule has 1 aromatic heterocycles. The lowest BCUT2D eigenvalue weighted by Gasteiger charge is -2.23. The summed E-state index contributed by atoms with van der Waals surface area (Å²) in [6.07, 6.45) is 3.75. The Hall–Kier alpha value is -1.00. The number of amides is 1. The van der Waals surface area contributed by atoms with Crippen LogP contribution in [0.1, 0.15) is 23.3 Å². The second-order valence-corrected chi connectivity index (χ2v) is 4.18.